The van der Waals surface area contributed by atoms with Gasteiger partial charge in [0.15, 0.2) is 17.5 Å². The Labute approximate surface area is 619 Å². The molecule has 3 heterocycles. The molecule has 1 aromatic heterocycles. The second-order valence-electron chi connectivity index (χ2n) is 29.0. The number of thioether (sulfide) groups is 1. The van der Waals surface area contributed by atoms with Gasteiger partial charge in [0.05, 0.1) is 17.9 Å². The monoisotopic (exact) mass is 1450 g/mol. The number of likely N-dealkylation sites (N-methyl/N-ethyl adjacent to an activating group) is 1. The van der Waals surface area contributed by atoms with Crippen LogP contribution in [0.3, 0.4) is 0 Å². The number of ketones is 3. The van der Waals surface area contributed by atoms with Crippen molar-refractivity contribution in [2.45, 2.75) is 183 Å². The minimum Gasteiger partial charge on any atom is -0.391 e. The number of nitrogens with one attached hydrogen (secondary N) is 7. The number of H-pyrrole nitrogens is 1. The van der Waals surface area contributed by atoms with E-state index < -0.39 is 95.3 Å². The molecule has 0 unspecified atom stereocenters. The SMILES string of the molecule is C[C@@H](O)[C@@H]1NC(=O)[C@H](CCCCN)NC(=O)[C@@H](Cc2c[nH]c3ccccc23)NC(=O)[C@H](Cc2ccccc2)NC(=O)[C@H](Cc2ccccc2)NC(=O)[C@H](CCCN=C(N)N)CC(=O)[C@H](NC(=O)CSC[C@@H]2C[C@@H]3c4cccc5c4C(=CC5)C[C@H]3N(C)C2)CCCCCC(=O)[C@H](Cc2ccccc2)CC1=O. The average Bonchev–Trinajstić information content (AvgIpc) is 1.62. The number of guanidine groups is 1. The number of aliphatic hydroxyl groups excluding tert-OH is 1. The van der Waals surface area contributed by atoms with E-state index in [-0.39, 0.29) is 107 Å². The number of hydrogen-bond donors (Lipinski definition) is 11. The number of likely N-dealkylation sites (tertiary alicyclic amines) is 1. The normalized spacial score (nSPS) is 24.6. The third-order valence-corrected chi connectivity index (χ3v) is 22.3. The van der Waals surface area contributed by atoms with Gasteiger partial charge < -0.3 is 64.1 Å². The predicted octanol–water partition coefficient (Wildman–Crippen LogP) is 6.78. The third kappa shape index (κ3) is 22.1. The summed E-state index contributed by atoms with van der Waals surface area (Å²) in [6, 6.07) is 33.7. The highest BCUT2D eigenvalue weighted by atomic mass is 32.2. The minimum absolute atomic E-state index is 0.0478. The van der Waals surface area contributed by atoms with Crippen molar-refractivity contribution in [2.24, 2.45) is 39.9 Å². The summed E-state index contributed by atoms with van der Waals surface area (Å²) in [5.41, 5.74) is 26.6. The van der Waals surface area contributed by atoms with Gasteiger partial charge in [0.1, 0.15) is 36.0 Å². The zero-order valence-corrected chi connectivity index (χ0v) is 61.2. The Balaban J connectivity index is 0.964. The number of para-hydroxylation sites is 1. The summed E-state index contributed by atoms with van der Waals surface area (Å²) in [6.45, 7) is 2.65. The highest BCUT2D eigenvalue weighted by molar-refractivity contribution is 7.99. The number of nitrogens with two attached hydrogens (primary N) is 3. The van der Waals surface area contributed by atoms with Crippen molar-refractivity contribution >= 4 is 87.0 Å². The van der Waals surface area contributed by atoms with Crippen LogP contribution in [0.2, 0.25) is 0 Å². The molecule has 6 aromatic rings. The van der Waals surface area contributed by atoms with Gasteiger partial charge in [0, 0.05) is 92.5 Å². The van der Waals surface area contributed by atoms with Gasteiger partial charge in [-0.15, -0.1) is 0 Å². The van der Waals surface area contributed by atoms with E-state index in [0.29, 0.717) is 66.7 Å². The van der Waals surface area contributed by atoms with Gasteiger partial charge in [0.25, 0.3) is 0 Å². The first-order valence-electron chi connectivity index (χ1n) is 37.4. The van der Waals surface area contributed by atoms with Crippen LogP contribution in [-0.4, -0.2) is 160 Å². The van der Waals surface area contributed by atoms with E-state index in [1.54, 1.807) is 60.8 Å². The number of carbonyl (C=O) groups excluding carboxylic acids is 9. The molecule has 0 bridgehead atoms. The van der Waals surface area contributed by atoms with Gasteiger partial charge in [-0.1, -0.05) is 146 Å². The summed E-state index contributed by atoms with van der Waals surface area (Å²) in [5.74, 6) is -5.95. The standard InChI is InChI=1S/C82H104N12O10S/c1-51(95)76-73(98)46-59(39-52-21-7-3-8-22-52)71(96)34-14-6-13-32-65(88-74(99)50-105-49-55-40-63-62-30-19-27-56-35-36-57(75(56)62)44-70(63)94(2)48-55)72(97)45-58(28-20-38-86-82(84)85)77(100)90-67(41-53-23-9-4-10-24-53)79(102)91-68(42-54-25-11-5-12-26-54)80(103)92-69(43-60-47-87-64-31-16-15-29-61(60)64)81(104)89-66(78(101)93-76)33-17-18-37-83/h3-5,7-12,15-16,19,21-27,29-31,36,47,51,55,58-59,63,65-70,76,87,95H,6,13-14,17-18,20,28,32-35,37-46,48-50,83H2,1-2H3,(H,88,99)(H,89,104)(H,90,100)(H,91,102)(H,92,103)(H,93,101)(H4,84,85,86)/t51-,55-,58-,59-,63-,65-,66+,67+,68+,69-,70-,76+/m1/s1. The maximum absolute atomic E-state index is 15.4. The molecule has 10 rings (SSSR count). The molecule has 0 spiro atoms. The molecule has 4 aliphatic rings. The number of aliphatic imine (C=N–C) groups is 1. The van der Waals surface area contributed by atoms with Gasteiger partial charge in [-0.25, -0.2) is 0 Å². The number of hydrogen-bond acceptors (Lipinski definition) is 14. The van der Waals surface area contributed by atoms with Crippen molar-refractivity contribution < 1.29 is 48.3 Å². The number of aromatic amines is 1. The number of Topliss-reactive ketones (excluding diaryl/α,β-unsaturated/α-hetero) is 3. The molecule has 2 fully saturated rings. The Morgan fingerprint density at radius 3 is 1.90 bits per heavy atom. The predicted molar refractivity (Wildman–Crippen MR) is 410 cm³/mol. The lowest BCUT2D eigenvalue weighted by atomic mass is 9.70. The number of aliphatic hydroxyl groups is 1. The molecule has 2 saturated heterocycles. The molecule has 0 saturated carbocycles. The number of allylic oxidation sites excluding steroid dienone is 1. The molecular weight excluding hydrogens is 1350 g/mol. The van der Waals surface area contributed by atoms with E-state index in [0.717, 1.165) is 48.0 Å². The summed E-state index contributed by atoms with van der Waals surface area (Å²) in [4.78, 5) is 145. The van der Waals surface area contributed by atoms with Crippen molar-refractivity contribution in [3.8, 4) is 0 Å². The number of amides is 6. The lowest BCUT2D eigenvalue weighted by Gasteiger charge is -2.46. The van der Waals surface area contributed by atoms with Crippen LogP contribution in [0.25, 0.3) is 16.5 Å². The van der Waals surface area contributed by atoms with Crippen LogP contribution in [0, 0.1) is 17.8 Å². The number of rotatable bonds is 22. The summed E-state index contributed by atoms with van der Waals surface area (Å²) in [5, 5.41) is 29.7. The van der Waals surface area contributed by atoms with E-state index in [9.17, 15) is 24.3 Å². The summed E-state index contributed by atoms with van der Waals surface area (Å²) in [7, 11) is 2.20. The van der Waals surface area contributed by atoms with Crippen LogP contribution in [0.15, 0.2) is 151 Å². The summed E-state index contributed by atoms with van der Waals surface area (Å²) >= 11 is 1.53. The molecule has 5 aromatic carbocycles. The Bertz CT molecular complexity index is 4030. The highest BCUT2D eigenvalue weighted by Crippen LogP contribution is 2.49. The van der Waals surface area contributed by atoms with Crippen molar-refractivity contribution in [3.63, 3.8) is 0 Å². The number of unbranched alkanes of at least 4 members (excludes halogenated alkanes) is 1. The zero-order valence-electron chi connectivity index (χ0n) is 60.4. The largest absolute Gasteiger partial charge is 0.391 e. The van der Waals surface area contributed by atoms with Gasteiger partial charge in [0.2, 0.25) is 35.4 Å². The van der Waals surface area contributed by atoms with Gasteiger partial charge in [-0.2, -0.15) is 11.8 Å². The zero-order chi connectivity index (χ0) is 74.4. The quantitative estimate of drug-likeness (QED) is 0.0190. The number of aromatic nitrogens is 1. The fourth-order valence-electron chi connectivity index (χ4n) is 15.6. The molecule has 23 heteroatoms. The first-order chi connectivity index (χ1) is 50.8. The average molecular weight is 1450 g/mol. The molecule has 14 N–H and O–H groups in total. The van der Waals surface area contributed by atoms with Crippen LogP contribution in [0.5, 0.6) is 0 Å². The van der Waals surface area contributed by atoms with E-state index in [2.05, 4.69) is 78.1 Å². The maximum atomic E-state index is 15.4. The van der Waals surface area contributed by atoms with E-state index >= 15 is 24.0 Å². The molecule has 6 amide bonds. The number of benzene rings is 5. The fraction of sp³-hybridized carbons (Fsp3) is 0.463. The molecule has 558 valence electrons. The Hall–Kier alpha value is -9.29. The van der Waals surface area contributed by atoms with Crippen molar-refractivity contribution in [2.75, 3.05) is 38.2 Å². The molecule has 2 aliphatic heterocycles. The van der Waals surface area contributed by atoms with Gasteiger partial charge in [-0.3, -0.25) is 48.1 Å². The Morgan fingerprint density at radius 2 is 1.25 bits per heavy atom. The maximum Gasteiger partial charge on any atom is 0.243 e. The molecular formula is C82H104N12O10S. The molecule has 0 radical (unpaired) electrons. The lowest BCUT2D eigenvalue weighted by Crippen LogP contribution is -2.60. The molecule has 22 nitrogen and oxygen atoms in total. The third-order valence-electron chi connectivity index (χ3n) is 21.1. The summed E-state index contributed by atoms with van der Waals surface area (Å²) in [6.07, 6.45) is 7.54. The Kier molecular flexibility index (Phi) is 28.8. The minimum atomic E-state index is -1.50. The second-order valence-corrected chi connectivity index (χ2v) is 30.0. The van der Waals surface area contributed by atoms with Crippen LogP contribution >= 0.6 is 11.8 Å². The smallest absolute Gasteiger partial charge is 0.243 e. The second kappa shape index (κ2) is 38.6. The van der Waals surface area contributed by atoms with Crippen molar-refractivity contribution in [1.82, 2.24) is 41.8 Å². The molecule has 105 heavy (non-hydrogen) atoms. The van der Waals surface area contributed by atoms with Crippen molar-refractivity contribution in [3.05, 3.63) is 185 Å². The van der Waals surface area contributed by atoms with E-state index in [1.807, 2.05) is 60.7 Å². The molecule has 2 aliphatic carbocycles. The van der Waals surface area contributed by atoms with Crippen molar-refractivity contribution in [1.29, 1.82) is 0 Å². The summed E-state index contributed by atoms with van der Waals surface area (Å²) < 4.78 is 0. The highest BCUT2D eigenvalue weighted by Gasteiger charge is 2.42. The molecule has 12 atom stereocenters. The Morgan fingerprint density at radius 1 is 0.638 bits per heavy atom. The van der Waals surface area contributed by atoms with Crippen LogP contribution < -0.4 is 49.1 Å². The number of piperidine rings is 1. The lowest BCUT2D eigenvalue weighted by molar-refractivity contribution is -0.136. The topological polar surface area (TPSA) is 355 Å². The fourth-order valence-corrected chi connectivity index (χ4v) is 16.6. The van der Waals surface area contributed by atoms with E-state index in [1.165, 1.54) is 40.9 Å². The van der Waals surface area contributed by atoms with Gasteiger partial charge >= 0.3 is 0 Å². The van der Waals surface area contributed by atoms with E-state index in [4.69, 9.17) is 17.2 Å². The van der Waals surface area contributed by atoms with Crippen LogP contribution in [0.4, 0.5) is 0 Å². The van der Waals surface area contributed by atoms with Crippen LogP contribution in [0.1, 0.15) is 142 Å². The first-order valence-corrected chi connectivity index (χ1v) is 38.5. The van der Waals surface area contributed by atoms with Gasteiger partial charge in [-0.05, 0) is 153 Å². The number of carbonyl (C=O) groups is 9. The van der Waals surface area contributed by atoms with Crippen LogP contribution in [-0.2, 0) is 75.3 Å². The number of fused-ring (bicyclic) bond motifs is 3. The number of nitrogens with zero attached hydrogens (tertiary/aromatic N) is 2. The first kappa shape index (κ1) is 78.3.